The van der Waals surface area contributed by atoms with Gasteiger partial charge in [0, 0.05) is 18.6 Å². The number of hydrogen-bond acceptors (Lipinski definition) is 3. The summed E-state index contributed by atoms with van der Waals surface area (Å²) in [5, 5.41) is 3.57. The molecule has 2 rings (SSSR count). The first-order chi connectivity index (χ1) is 10.1. The van der Waals surface area contributed by atoms with Crippen LogP contribution in [0.4, 0.5) is 4.39 Å². The van der Waals surface area contributed by atoms with Crippen molar-refractivity contribution in [1.82, 2.24) is 15.2 Å². The highest BCUT2D eigenvalue weighted by Gasteiger charge is 2.16. The van der Waals surface area contributed by atoms with E-state index in [0.29, 0.717) is 0 Å². The van der Waals surface area contributed by atoms with Crippen molar-refractivity contribution in [2.75, 3.05) is 20.6 Å². The smallest absolute Gasteiger partial charge is 0.141 e. The van der Waals surface area contributed by atoms with Crippen molar-refractivity contribution in [1.29, 1.82) is 0 Å². The maximum atomic E-state index is 13.0. The van der Waals surface area contributed by atoms with Gasteiger partial charge in [-0.05, 0) is 38.7 Å². The Morgan fingerprint density at radius 3 is 2.43 bits per heavy atom. The molecule has 0 saturated carbocycles. The normalized spacial score (nSPS) is 14.1. The first kappa shape index (κ1) is 15.6. The van der Waals surface area contributed by atoms with Gasteiger partial charge in [-0.2, -0.15) is 0 Å². The summed E-state index contributed by atoms with van der Waals surface area (Å²) in [5.41, 5.74) is 2.08. The molecular weight excluding hydrogens is 265 g/mol. The summed E-state index contributed by atoms with van der Waals surface area (Å²) in [6, 6.07) is 13.8. The summed E-state index contributed by atoms with van der Waals surface area (Å²) in [5.74, 6) is -0.307. The van der Waals surface area contributed by atoms with Crippen LogP contribution in [0.2, 0.25) is 0 Å². The summed E-state index contributed by atoms with van der Waals surface area (Å²) in [4.78, 5) is 6.30. The summed E-state index contributed by atoms with van der Waals surface area (Å²) in [6.45, 7) is 2.93. The van der Waals surface area contributed by atoms with Gasteiger partial charge in [-0.1, -0.05) is 30.3 Å². The van der Waals surface area contributed by atoms with Crippen LogP contribution in [0.25, 0.3) is 0 Å². The molecule has 4 heteroatoms. The average Bonchev–Trinajstić information content (AvgIpc) is 2.47. The van der Waals surface area contributed by atoms with Gasteiger partial charge in [0.25, 0.3) is 0 Å². The second-order valence-electron chi connectivity index (χ2n) is 5.52. The highest BCUT2D eigenvalue weighted by atomic mass is 19.1. The Balaban J connectivity index is 2.13. The molecule has 1 N–H and O–H groups in total. The number of rotatable bonds is 6. The van der Waals surface area contributed by atoms with Gasteiger partial charge in [0.1, 0.15) is 5.82 Å². The van der Waals surface area contributed by atoms with Crippen molar-refractivity contribution >= 4 is 0 Å². The van der Waals surface area contributed by atoms with Crippen molar-refractivity contribution in [2.45, 2.75) is 19.0 Å². The number of benzene rings is 1. The third-order valence-electron chi connectivity index (χ3n) is 3.39. The zero-order valence-electron chi connectivity index (χ0n) is 12.8. The topological polar surface area (TPSA) is 28.2 Å². The first-order valence-electron chi connectivity index (χ1n) is 7.13. The zero-order chi connectivity index (χ0) is 15.2. The van der Waals surface area contributed by atoms with E-state index in [0.717, 1.165) is 12.2 Å². The van der Waals surface area contributed by atoms with Gasteiger partial charge in [0.15, 0.2) is 0 Å². The Morgan fingerprint density at radius 2 is 1.86 bits per heavy atom. The Bertz CT molecular complexity index is 540. The molecule has 1 aromatic carbocycles. The fourth-order valence-corrected chi connectivity index (χ4v) is 2.34. The second kappa shape index (κ2) is 7.29. The van der Waals surface area contributed by atoms with Gasteiger partial charge >= 0.3 is 0 Å². The van der Waals surface area contributed by atoms with E-state index >= 15 is 0 Å². The number of aromatic nitrogens is 1. The predicted molar refractivity (Wildman–Crippen MR) is 83.5 cm³/mol. The van der Waals surface area contributed by atoms with Crippen molar-refractivity contribution in [3.63, 3.8) is 0 Å². The molecule has 0 aliphatic rings. The van der Waals surface area contributed by atoms with Gasteiger partial charge in [-0.25, -0.2) is 4.39 Å². The Morgan fingerprint density at radius 1 is 1.14 bits per heavy atom. The molecule has 1 aromatic heterocycles. The van der Waals surface area contributed by atoms with Crippen molar-refractivity contribution in [3.8, 4) is 0 Å². The van der Waals surface area contributed by atoms with Crippen molar-refractivity contribution < 1.29 is 4.39 Å². The quantitative estimate of drug-likeness (QED) is 0.884. The molecule has 2 unspecified atom stereocenters. The maximum absolute atomic E-state index is 13.0. The van der Waals surface area contributed by atoms with Gasteiger partial charge in [0.2, 0.25) is 0 Å². The Labute approximate surface area is 125 Å². The van der Waals surface area contributed by atoms with Crippen LogP contribution in [-0.4, -0.2) is 30.5 Å². The van der Waals surface area contributed by atoms with E-state index in [1.54, 1.807) is 6.07 Å². The number of pyridine rings is 1. The van der Waals surface area contributed by atoms with Gasteiger partial charge in [-0.3, -0.25) is 4.98 Å². The molecule has 0 radical (unpaired) electrons. The van der Waals surface area contributed by atoms with Crippen LogP contribution in [0, 0.1) is 5.82 Å². The van der Waals surface area contributed by atoms with Crippen LogP contribution >= 0.6 is 0 Å². The second-order valence-corrected chi connectivity index (χ2v) is 5.52. The highest BCUT2D eigenvalue weighted by molar-refractivity contribution is 5.20. The molecule has 0 aliphatic carbocycles. The molecule has 2 aromatic rings. The standard InChI is InChI=1S/C17H22FN3/c1-13(16-10-9-15(18)11-19-16)20-17(12-21(2)3)14-7-5-4-6-8-14/h4-11,13,17,20H,12H2,1-3H3. The number of hydrogen-bond donors (Lipinski definition) is 1. The van der Waals surface area contributed by atoms with Crippen molar-refractivity contribution in [2.24, 2.45) is 0 Å². The molecule has 1 heterocycles. The lowest BCUT2D eigenvalue weighted by atomic mass is 10.0. The zero-order valence-corrected chi connectivity index (χ0v) is 12.8. The van der Waals surface area contributed by atoms with Crippen LogP contribution in [-0.2, 0) is 0 Å². The summed E-state index contributed by atoms with van der Waals surface area (Å²) in [7, 11) is 4.11. The van der Waals surface area contributed by atoms with E-state index < -0.39 is 0 Å². The molecule has 0 spiro atoms. The number of halogens is 1. The maximum Gasteiger partial charge on any atom is 0.141 e. The fraction of sp³-hybridized carbons (Fsp3) is 0.353. The number of nitrogens with zero attached hydrogens (tertiary/aromatic N) is 2. The van der Waals surface area contributed by atoms with Crippen LogP contribution in [0.15, 0.2) is 48.7 Å². The minimum atomic E-state index is -0.307. The molecule has 3 nitrogen and oxygen atoms in total. The van der Waals surface area contributed by atoms with E-state index in [1.165, 1.54) is 17.8 Å². The lowest BCUT2D eigenvalue weighted by molar-refractivity contribution is 0.324. The van der Waals surface area contributed by atoms with Gasteiger partial charge < -0.3 is 10.2 Å². The van der Waals surface area contributed by atoms with Crippen molar-refractivity contribution in [3.05, 3.63) is 65.7 Å². The van der Waals surface area contributed by atoms with Crippen LogP contribution < -0.4 is 5.32 Å². The average molecular weight is 287 g/mol. The Kier molecular flexibility index (Phi) is 5.42. The number of likely N-dealkylation sites (N-methyl/N-ethyl adjacent to an activating group) is 1. The first-order valence-corrected chi connectivity index (χ1v) is 7.13. The molecular formula is C17H22FN3. The summed E-state index contributed by atoms with van der Waals surface area (Å²) >= 11 is 0. The lowest BCUT2D eigenvalue weighted by Gasteiger charge is -2.26. The summed E-state index contributed by atoms with van der Waals surface area (Å²) < 4.78 is 13.0. The Hall–Kier alpha value is -1.78. The fourth-order valence-electron chi connectivity index (χ4n) is 2.34. The van der Waals surface area contributed by atoms with E-state index in [4.69, 9.17) is 0 Å². The third kappa shape index (κ3) is 4.62. The molecule has 0 saturated heterocycles. The molecule has 0 amide bonds. The minimum absolute atomic E-state index is 0.0516. The lowest BCUT2D eigenvalue weighted by Crippen LogP contribution is -2.33. The van der Waals surface area contributed by atoms with E-state index in [2.05, 4.69) is 41.4 Å². The predicted octanol–water partition coefficient (Wildman–Crippen LogP) is 3.17. The third-order valence-corrected chi connectivity index (χ3v) is 3.39. The molecule has 2 atom stereocenters. The molecule has 112 valence electrons. The SMILES string of the molecule is CC(NC(CN(C)C)c1ccccc1)c1ccc(F)cn1. The molecule has 21 heavy (non-hydrogen) atoms. The van der Waals surface area contributed by atoms with E-state index in [9.17, 15) is 4.39 Å². The largest absolute Gasteiger partial charge is 0.308 e. The molecule has 0 aliphatic heterocycles. The number of nitrogens with one attached hydrogen (secondary N) is 1. The molecule has 0 fully saturated rings. The molecule has 0 bridgehead atoms. The van der Waals surface area contributed by atoms with Gasteiger partial charge in [-0.15, -0.1) is 0 Å². The van der Waals surface area contributed by atoms with Crippen LogP contribution in [0.3, 0.4) is 0 Å². The van der Waals surface area contributed by atoms with Gasteiger partial charge in [0.05, 0.1) is 11.9 Å². The van der Waals surface area contributed by atoms with Crippen LogP contribution in [0.1, 0.15) is 30.3 Å². The monoisotopic (exact) mass is 287 g/mol. The van der Waals surface area contributed by atoms with Crippen LogP contribution in [0.5, 0.6) is 0 Å². The highest BCUT2D eigenvalue weighted by Crippen LogP contribution is 2.19. The van der Waals surface area contributed by atoms with E-state index in [-0.39, 0.29) is 17.9 Å². The minimum Gasteiger partial charge on any atom is -0.308 e. The summed E-state index contributed by atoms with van der Waals surface area (Å²) in [6.07, 6.45) is 1.26. The van der Waals surface area contributed by atoms with E-state index in [1.807, 2.05) is 25.1 Å².